The lowest BCUT2D eigenvalue weighted by atomic mass is 9.88. The molecule has 0 atom stereocenters. The van der Waals surface area contributed by atoms with Gasteiger partial charge in [0.1, 0.15) is 0 Å². The smallest absolute Gasteiger partial charge is 0.251 e. The number of sulfonamides is 1. The second-order valence-corrected chi connectivity index (χ2v) is 12.4. The van der Waals surface area contributed by atoms with E-state index in [0.717, 1.165) is 57.5 Å². The van der Waals surface area contributed by atoms with Gasteiger partial charge in [0.15, 0.2) is 0 Å². The van der Waals surface area contributed by atoms with Gasteiger partial charge in [0.2, 0.25) is 10.0 Å². The topological polar surface area (TPSA) is 69.7 Å². The molecule has 0 unspecified atom stereocenters. The third kappa shape index (κ3) is 6.37. The molecule has 0 radical (unpaired) electrons. The molecule has 1 heterocycles. The summed E-state index contributed by atoms with van der Waals surface area (Å²) in [5.74, 6) is 0.752. The average molecular weight is 476 g/mol. The largest absolute Gasteiger partial charge is 0.349 e. The van der Waals surface area contributed by atoms with Crippen molar-refractivity contribution in [2.75, 3.05) is 26.7 Å². The fourth-order valence-electron chi connectivity index (χ4n) is 5.85. The van der Waals surface area contributed by atoms with Crippen LogP contribution in [0.3, 0.4) is 0 Å². The van der Waals surface area contributed by atoms with Gasteiger partial charge in [0.25, 0.3) is 5.91 Å². The SMILES string of the molecule is CN(C1CCCCC1)S(=O)(=O)c1ccc(C(=O)NC2CCN(CC3CCCCC3)CC2)cc1. The Kier molecular flexibility index (Phi) is 8.47. The molecular weight excluding hydrogens is 434 g/mol. The highest BCUT2D eigenvalue weighted by atomic mass is 32.2. The van der Waals surface area contributed by atoms with Crippen molar-refractivity contribution in [1.82, 2.24) is 14.5 Å². The molecule has 7 heteroatoms. The van der Waals surface area contributed by atoms with E-state index in [1.54, 1.807) is 31.3 Å². The first kappa shape index (κ1) is 24.7. The van der Waals surface area contributed by atoms with Crippen LogP contribution in [0, 0.1) is 5.92 Å². The summed E-state index contributed by atoms with van der Waals surface area (Å²) < 4.78 is 27.6. The van der Waals surface area contributed by atoms with Crippen LogP contribution < -0.4 is 5.32 Å². The van der Waals surface area contributed by atoms with Crippen LogP contribution in [0.25, 0.3) is 0 Å². The highest BCUT2D eigenvalue weighted by Gasteiger charge is 2.29. The predicted octanol–water partition coefficient (Wildman–Crippen LogP) is 4.41. The minimum atomic E-state index is -3.53. The molecule has 1 aliphatic heterocycles. The fraction of sp³-hybridized carbons (Fsp3) is 0.731. The first-order chi connectivity index (χ1) is 15.9. The second-order valence-electron chi connectivity index (χ2n) is 10.4. The average Bonchev–Trinajstić information content (AvgIpc) is 2.86. The minimum absolute atomic E-state index is 0.0794. The molecule has 1 aromatic rings. The maximum Gasteiger partial charge on any atom is 0.251 e. The lowest BCUT2D eigenvalue weighted by Crippen LogP contribution is -2.46. The summed E-state index contributed by atoms with van der Waals surface area (Å²) in [6.45, 7) is 3.31. The molecule has 33 heavy (non-hydrogen) atoms. The van der Waals surface area contributed by atoms with Crippen molar-refractivity contribution in [2.45, 2.75) is 94.0 Å². The Labute approximate surface area is 200 Å². The van der Waals surface area contributed by atoms with Gasteiger partial charge in [-0.1, -0.05) is 38.5 Å². The zero-order chi connectivity index (χ0) is 23.3. The van der Waals surface area contributed by atoms with E-state index >= 15 is 0 Å². The highest BCUT2D eigenvalue weighted by Crippen LogP contribution is 2.27. The molecule has 1 aromatic carbocycles. The second kappa shape index (κ2) is 11.3. The van der Waals surface area contributed by atoms with Crippen molar-refractivity contribution in [3.05, 3.63) is 29.8 Å². The van der Waals surface area contributed by atoms with Crippen LogP contribution in [-0.2, 0) is 10.0 Å². The summed E-state index contributed by atoms with van der Waals surface area (Å²) in [6.07, 6.45) is 14.1. The number of piperidine rings is 1. The van der Waals surface area contributed by atoms with Crippen molar-refractivity contribution in [1.29, 1.82) is 0 Å². The van der Waals surface area contributed by atoms with Gasteiger partial charge in [-0.2, -0.15) is 4.31 Å². The first-order valence-corrected chi connectivity index (χ1v) is 14.5. The summed E-state index contributed by atoms with van der Waals surface area (Å²) in [5.41, 5.74) is 0.527. The van der Waals surface area contributed by atoms with Crippen LogP contribution in [0.1, 0.15) is 87.4 Å². The molecule has 4 rings (SSSR count). The fourth-order valence-corrected chi connectivity index (χ4v) is 7.26. The lowest BCUT2D eigenvalue weighted by Gasteiger charge is -2.35. The van der Waals surface area contributed by atoms with E-state index in [1.807, 2.05) is 0 Å². The van der Waals surface area contributed by atoms with Crippen molar-refractivity contribution in [3.63, 3.8) is 0 Å². The van der Waals surface area contributed by atoms with E-state index in [-0.39, 0.29) is 22.9 Å². The molecule has 3 fully saturated rings. The molecule has 2 aliphatic carbocycles. The molecule has 0 bridgehead atoms. The lowest BCUT2D eigenvalue weighted by molar-refractivity contribution is 0.0901. The van der Waals surface area contributed by atoms with Crippen LogP contribution in [0.15, 0.2) is 29.2 Å². The molecule has 1 N–H and O–H groups in total. The number of nitrogens with one attached hydrogen (secondary N) is 1. The van der Waals surface area contributed by atoms with Gasteiger partial charge in [-0.05, 0) is 68.7 Å². The third-order valence-electron chi connectivity index (χ3n) is 8.05. The van der Waals surface area contributed by atoms with Crippen molar-refractivity contribution < 1.29 is 13.2 Å². The van der Waals surface area contributed by atoms with Crippen LogP contribution >= 0.6 is 0 Å². The van der Waals surface area contributed by atoms with Crippen molar-refractivity contribution in [3.8, 4) is 0 Å². The molecule has 6 nitrogen and oxygen atoms in total. The van der Waals surface area contributed by atoms with E-state index in [9.17, 15) is 13.2 Å². The summed E-state index contributed by atoms with van der Waals surface area (Å²) in [7, 11) is -1.84. The van der Waals surface area contributed by atoms with Crippen LogP contribution in [0.4, 0.5) is 0 Å². The van der Waals surface area contributed by atoms with Gasteiger partial charge in [0, 0.05) is 44.3 Å². The van der Waals surface area contributed by atoms with Crippen molar-refractivity contribution in [2.24, 2.45) is 5.92 Å². The summed E-state index contributed by atoms with van der Waals surface area (Å²) >= 11 is 0. The van der Waals surface area contributed by atoms with Gasteiger partial charge in [-0.3, -0.25) is 4.79 Å². The summed E-state index contributed by atoms with van der Waals surface area (Å²) in [4.78, 5) is 15.6. The number of hydrogen-bond donors (Lipinski definition) is 1. The molecular formula is C26H41N3O3S. The number of amides is 1. The standard InChI is InChI=1S/C26H41N3O3S/c1-28(24-10-6-3-7-11-24)33(31,32)25-14-12-22(13-15-25)26(30)27-23-16-18-29(19-17-23)20-21-8-4-2-5-9-21/h12-15,21,23-24H,2-11,16-20H2,1H3,(H,27,30). The first-order valence-electron chi connectivity index (χ1n) is 13.0. The quantitative estimate of drug-likeness (QED) is 0.634. The third-order valence-corrected chi connectivity index (χ3v) is 9.97. The Bertz CT molecular complexity index is 867. The summed E-state index contributed by atoms with van der Waals surface area (Å²) in [5, 5.41) is 3.17. The normalized spacial score (nSPS) is 22.5. The van der Waals surface area contributed by atoms with Gasteiger partial charge in [-0.25, -0.2) is 8.42 Å². The monoisotopic (exact) mass is 475 g/mol. The van der Waals surface area contributed by atoms with Gasteiger partial charge < -0.3 is 10.2 Å². The van der Waals surface area contributed by atoms with Crippen LogP contribution in [0.2, 0.25) is 0 Å². The molecule has 1 saturated heterocycles. The zero-order valence-corrected chi connectivity index (χ0v) is 21.0. The Morgan fingerprint density at radius 3 is 2.09 bits per heavy atom. The van der Waals surface area contributed by atoms with E-state index < -0.39 is 10.0 Å². The van der Waals surface area contributed by atoms with E-state index in [2.05, 4.69) is 10.2 Å². The van der Waals surface area contributed by atoms with E-state index in [1.165, 1.54) is 49.4 Å². The number of benzene rings is 1. The number of hydrogen-bond acceptors (Lipinski definition) is 4. The molecule has 0 aromatic heterocycles. The molecule has 0 spiro atoms. The Morgan fingerprint density at radius 2 is 1.48 bits per heavy atom. The highest BCUT2D eigenvalue weighted by molar-refractivity contribution is 7.89. The predicted molar refractivity (Wildman–Crippen MR) is 132 cm³/mol. The maximum atomic E-state index is 13.0. The number of likely N-dealkylation sites (tertiary alicyclic amines) is 1. The van der Waals surface area contributed by atoms with E-state index in [4.69, 9.17) is 0 Å². The molecule has 1 amide bonds. The Morgan fingerprint density at radius 1 is 0.909 bits per heavy atom. The maximum absolute atomic E-state index is 13.0. The number of nitrogens with zero attached hydrogens (tertiary/aromatic N) is 2. The number of carbonyl (C=O) groups is 1. The molecule has 2 saturated carbocycles. The van der Waals surface area contributed by atoms with E-state index in [0.29, 0.717) is 5.56 Å². The Balaban J connectivity index is 1.27. The van der Waals surface area contributed by atoms with Crippen LogP contribution in [-0.4, -0.2) is 62.3 Å². The summed E-state index contributed by atoms with van der Waals surface area (Å²) in [6, 6.07) is 6.73. The Hall–Kier alpha value is -1.44. The number of rotatable bonds is 7. The molecule has 184 valence electrons. The van der Waals surface area contributed by atoms with Gasteiger partial charge in [-0.15, -0.1) is 0 Å². The van der Waals surface area contributed by atoms with Crippen molar-refractivity contribution >= 4 is 15.9 Å². The van der Waals surface area contributed by atoms with Gasteiger partial charge >= 0.3 is 0 Å². The molecule has 3 aliphatic rings. The zero-order valence-electron chi connectivity index (χ0n) is 20.2. The van der Waals surface area contributed by atoms with Crippen LogP contribution in [0.5, 0.6) is 0 Å². The number of carbonyl (C=O) groups excluding carboxylic acids is 1. The van der Waals surface area contributed by atoms with Gasteiger partial charge in [0.05, 0.1) is 4.90 Å². The minimum Gasteiger partial charge on any atom is -0.349 e.